The molecule has 4 aliphatic rings. The van der Waals surface area contributed by atoms with E-state index in [0.29, 0.717) is 18.8 Å². The molecule has 2 heterocycles. The van der Waals surface area contributed by atoms with Gasteiger partial charge in [-0.3, -0.25) is 4.79 Å². The van der Waals surface area contributed by atoms with E-state index in [1.54, 1.807) is 0 Å². The van der Waals surface area contributed by atoms with Gasteiger partial charge in [0.1, 0.15) is 17.5 Å². The number of fused-ring (bicyclic) bond motifs is 1. The Balaban J connectivity index is 1.80. The molecule has 2 aliphatic heterocycles. The topological polar surface area (TPSA) is 44.8 Å². The number of hydrogen-bond donors (Lipinski definition) is 0. The van der Waals surface area contributed by atoms with Gasteiger partial charge in [-0.25, -0.2) is 0 Å². The maximum absolute atomic E-state index is 12.2. The normalized spacial score (nSPS) is 47.7. The molecule has 0 N–H and O–H groups in total. The van der Waals surface area contributed by atoms with Crippen molar-refractivity contribution in [1.29, 1.82) is 0 Å². The SMILES string of the molecule is C[C@@H]1CC2=C(CC1=O)[C@@]1(C)CC[C@@H](O2)[C@@]12COC(C)(C)O2. The van der Waals surface area contributed by atoms with Crippen LogP contribution in [0.3, 0.4) is 0 Å². The molecule has 4 atom stereocenters. The molecule has 0 aromatic heterocycles. The summed E-state index contributed by atoms with van der Waals surface area (Å²) in [6.07, 6.45) is 3.32. The lowest BCUT2D eigenvalue weighted by Gasteiger charge is -2.50. The molecule has 2 aliphatic carbocycles. The van der Waals surface area contributed by atoms with E-state index in [2.05, 4.69) is 6.92 Å². The molecule has 4 heteroatoms. The van der Waals surface area contributed by atoms with Crippen molar-refractivity contribution in [2.75, 3.05) is 6.61 Å². The first-order valence-electron chi connectivity index (χ1n) is 8.03. The largest absolute Gasteiger partial charge is 0.492 e. The van der Waals surface area contributed by atoms with E-state index in [0.717, 1.165) is 25.0 Å². The van der Waals surface area contributed by atoms with Gasteiger partial charge in [0.05, 0.1) is 12.4 Å². The Kier molecular flexibility index (Phi) is 2.56. The minimum atomic E-state index is -0.572. The van der Waals surface area contributed by atoms with Crippen molar-refractivity contribution >= 4 is 5.78 Å². The second-order valence-electron chi connectivity index (χ2n) is 7.81. The number of carbonyl (C=O) groups excluding carboxylic acids is 1. The van der Waals surface area contributed by atoms with Gasteiger partial charge in [-0.15, -0.1) is 0 Å². The van der Waals surface area contributed by atoms with E-state index in [4.69, 9.17) is 14.2 Å². The van der Waals surface area contributed by atoms with Gasteiger partial charge in [-0.2, -0.15) is 0 Å². The number of carbonyl (C=O) groups is 1. The second kappa shape index (κ2) is 3.90. The van der Waals surface area contributed by atoms with Gasteiger partial charge in [0.25, 0.3) is 0 Å². The molecule has 0 unspecified atom stereocenters. The first-order valence-corrected chi connectivity index (χ1v) is 8.03. The number of Topliss-reactive ketones (excluding diaryl/α,β-unsaturated/α-hetero) is 1. The predicted octanol–water partition coefficient (Wildman–Crippen LogP) is 2.96. The molecule has 2 fully saturated rings. The zero-order chi connectivity index (χ0) is 15.0. The number of rotatable bonds is 0. The molecule has 4 nitrogen and oxygen atoms in total. The Labute approximate surface area is 125 Å². The second-order valence-corrected chi connectivity index (χ2v) is 7.81. The third-order valence-electron chi connectivity index (χ3n) is 6.10. The molecular formula is C17H24O4. The van der Waals surface area contributed by atoms with Crippen LogP contribution in [0.15, 0.2) is 11.3 Å². The molecule has 1 spiro atoms. The van der Waals surface area contributed by atoms with E-state index in [1.165, 1.54) is 5.57 Å². The van der Waals surface area contributed by atoms with Crippen LogP contribution >= 0.6 is 0 Å². The fraction of sp³-hybridized carbons (Fsp3) is 0.824. The number of ether oxygens (including phenoxy) is 3. The van der Waals surface area contributed by atoms with Crippen molar-refractivity contribution < 1.29 is 19.0 Å². The quantitative estimate of drug-likeness (QED) is 0.688. The van der Waals surface area contributed by atoms with Crippen molar-refractivity contribution in [3.05, 3.63) is 11.3 Å². The van der Waals surface area contributed by atoms with E-state index in [1.807, 2.05) is 20.8 Å². The van der Waals surface area contributed by atoms with Crippen LogP contribution in [0.4, 0.5) is 0 Å². The summed E-state index contributed by atoms with van der Waals surface area (Å²) >= 11 is 0. The predicted molar refractivity (Wildman–Crippen MR) is 76.5 cm³/mol. The van der Waals surface area contributed by atoms with Crippen molar-refractivity contribution in [1.82, 2.24) is 0 Å². The van der Waals surface area contributed by atoms with Gasteiger partial charge >= 0.3 is 0 Å². The Morgan fingerprint density at radius 3 is 2.67 bits per heavy atom. The fourth-order valence-electron chi connectivity index (χ4n) is 4.75. The van der Waals surface area contributed by atoms with Crippen LogP contribution in [0.1, 0.15) is 53.4 Å². The molecule has 0 aromatic rings. The van der Waals surface area contributed by atoms with Crippen molar-refractivity contribution in [3.63, 3.8) is 0 Å². The van der Waals surface area contributed by atoms with Crippen LogP contribution in [0.25, 0.3) is 0 Å². The summed E-state index contributed by atoms with van der Waals surface area (Å²) in [5.41, 5.74) is 0.631. The Bertz CT molecular complexity index is 549. The maximum atomic E-state index is 12.2. The summed E-state index contributed by atoms with van der Waals surface area (Å²) in [7, 11) is 0. The van der Waals surface area contributed by atoms with Gasteiger partial charge < -0.3 is 14.2 Å². The smallest absolute Gasteiger partial charge is 0.163 e. The van der Waals surface area contributed by atoms with E-state index in [-0.39, 0.29) is 17.4 Å². The highest BCUT2D eigenvalue weighted by Crippen LogP contribution is 2.63. The Morgan fingerprint density at radius 2 is 2.00 bits per heavy atom. The highest BCUT2D eigenvalue weighted by molar-refractivity contribution is 5.85. The Hall–Kier alpha value is -0.870. The average Bonchev–Trinajstić information content (AvgIpc) is 2.80. The lowest BCUT2D eigenvalue weighted by Crippen LogP contribution is -2.57. The highest BCUT2D eigenvalue weighted by atomic mass is 16.8. The monoisotopic (exact) mass is 292 g/mol. The van der Waals surface area contributed by atoms with Crippen LogP contribution in [0.5, 0.6) is 0 Å². The van der Waals surface area contributed by atoms with Gasteiger partial charge in [0.15, 0.2) is 5.79 Å². The number of allylic oxidation sites excluding steroid dienone is 1. The molecule has 0 radical (unpaired) electrons. The van der Waals surface area contributed by atoms with Crippen LogP contribution in [0, 0.1) is 11.3 Å². The van der Waals surface area contributed by atoms with E-state index in [9.17, 15) is 4.79 Å². The highest BCUT2D eigenvalue weighted by Gasteiger charge is 2.69. The van der Waals surface area contributed by atoms with Crippen molar-refractivity contribution in [3.8, 4) is 0 Å². The summed E-state index contributed by atoms with van der Waals surface area (Å²) in [6, 6.07) is 0. The number of hydrogen-bond acceptors (Lipinski definition) is 4. The fourth-order valence-corrected chi connectivity index (χ4v) is 4.75. The standard InChI is InChI=1S/C17H24O4/c1-10-7-13-11(8-12(10)18)16(4)6-5-14(20-13)17(16)9-19-15(2,3)21-17/h10,14H,5-9H2,1-4H3/t10-,14-,16-,17+/m1/s1. The minimum Gasteiger partial charge on any atom is -0.492 e. The van der Waals surface area contributed by atoms with Gasteiger partial charge in [-0.05, 0) is 32.3 Å². The third-order valence-corrected chi connectivity index (χ3v) is 6.10. The van der Waals surface area contributed by atoms with Crippen LogP contribution < -0.4 is 0 Å². The molecular weight excluding hydrogens is 268 g/mol. The average molecular weight is 292 g/mol. The van der Waals surface area contributed by atoms with E-state index >= 15 is 0 Å². The molecule has 4 rings (SSSR count). The molecule has 2 bridgehead atoms. The number of ketones is 1. The summed E-state index contributed by atoms with van der Waals surface area (Å²) in [5.74, 6) is 0.901. The molecule has 21 heavy (non-hydrogen) atoms. The van der Waals surface area contributed by atoms with Gasteiger partial charge in [0.2, 0.25) is 0 Å². The lowest BCUT2D eigenvalue weighted by molar-refractivity contribution is -0.209. The Morgan fingerprint density at radius 1 is 1.24 bits per heavy atom. The van der Waals surface area contributed by atoms with Crippen molar-refractivity contribution in [2.24, 2.45) is 11.3 Å². The zero-order valence-electron chi connectivity index (χ0n) is 13.3. The van der Waals surface area contributed by atoms with Crippen molar-refractivity contribution in [2.45, 2.75) is 70.9 Å². The van der Waals surface area contributed by atoms with Gasteiger partial charge in [0, 0.05) is 24.2 Å². The summed E-state index contributed by atoms with van der Waals surface area (Å²) < 4.78 is 18.6. The van der Waals surface area contributed by atoms with Gasteiger partial charge in [-0.1, -0.05) is 13.8 Å². The first kappa shape index (κ1) is 13.8. The van der Waals surface area contributed by atoms with E-state index < -0.39 is 11.4 Å². The molecule has 0 amide bonds. The molecule has 116 valence electrons. The summed E-state index contributed by atoms with van der Waals surface area (Å²) in [6.45, 7) is 8.73. The zero-order valence-corrected chi connectivity index (χ0v) is 13.3. The lowest BCUT2D eigenvalue weighted by atomic mass is 9.64. The summed E-state index contributed by atoms with van der Waals surface area (Å²) in [5, 5.41) is 0. The molecule has 1 saturated heterocycles. The maximum Gasteiger partial charge on any atom is 0.163 e. The molecule has 0 aromatic carbocycles. The third kappa shape index (κ3) is 1.61. The van der Waals surface area contributed by atoms with Crippen LogP contribution in [-0.4, -0.2) is 29.9 Å². The molecule has 1 saturated carbocycles. The van der Waals surface area contributed by atoms with Crippen LogP contribution in [0.2, 0.25) is 0 Å². The van der Waals surface area contributed by atoms with Crippen LogP contribution in [-0.2, 0) is 19.0 Å². The summed E-state index contributed by atoms with van der Waals surface area (Å²) in [4.78, 5) is 12.2. The minimum absolute atomic E-state index is 0.0587. The first-order chi connectivity index (χ1) is 9.77.